The zero-order valence-corrected chi connectivity index (χ0v) is 21.0. The van der Waals surface area contributed by atoms with Gasteiger partial charge in [-0.1, -0.05) is 89.9 Å². The zero-order chi connectivity index (χ0) is 25.9. The number of unbranched alkanes of at least 4 members (excludes halogenated alkanes) is 16. The highest BCUT2D eigenvalue weighted by molar-refractivity contribution is 5.67. The molecule has 0 heterocycles. The molecular formula is C26H48O8. The molecule has 8 nitrogen and oxygen atoms in total. The molecule has 0 saturated carbocycles. The standard InChI is InChI=1S/C14H26O4.C12H22O4/c15-13(16)11-9-7-5-3-1-2-4-6-8-10-12-14(17)18;13-11(14)9-7-5-3-1-2-4-6-8-10-12(15)16/h1-12H2,(H,15,16)(H,17,18);1-10H2,(H,13,14)(H,15,16). The van der Waals surface area contributed by atoms with Crippen molar-refractivity contribution in [2.75, 3.05) is 0 Å². The maximum Gasteiger partial charge on any atom is 0.303 e. The van der Waals surface area contributed by atoms with Gasteiger partial charge in [-0.15, -0.1) is 0 Å². The summed E-state index contributed by atoms with van der Waals surface area (Å²) in [5, 5.41) is 33.7. The summed E-state index contributed by atoms with van der Waals surface area (Å²) < 4.78 is 0. The summed E-state index contributed by atoms with van der Waals surface area (Å²) in [5.41, 5.74) is 0. The maximum absolute atomic E-state index is 10.3. The molecule has 0 aliphatic rings. The Hall–Kier alpha value is -2.12. The largest absolute Gasteiger partial charge is 0.481 e. The van der Waals surface area contributed by atoms with Crippen LogP contribution >= 0.6 is 0 Å². The molecule has 4 N–H and O–H groups in total. The number of rotatable bonds is 24. The van der Waals surface area contributed by atoms with Crippen LogP contribution in [0.3, 0.4) is 0 Å². The SMILES string of the molecule is O=C(O)CCCCCCCCCCC(=O)O.O=C(O)CCCCCCCCCCCCC(=O)O. The second-order valence-electron chi connectivity index (χ2n) is 8.94. The van der Waals surface area contributed by atoms with Crippen molar-refractivity contribution in [3.8, 4) is 0 Å². The number of hydrogen-bond acceptors (Lipinski definition) is 4. The second-order valence-corrected chi connectivity index (χ2v) is 8.94. The van der Waals surface area contributed by atoms with E-state index in [1.807, 2.05) is 0 Å². The van der Waals surface area contributed by atoms with E-state index < -0.39 is 23.9 Å². The van der Waals surface area contributed by atoms with Crippen LogP contribution in [0, 0.1) is 0 Å². The van der Waals surface area contributed by atoms with Crippen molar-refractivity contribution >= 4 is 23.9 Å². The molecule has 0 aliphatic heterocycles. The van der Waals surface area contributed by atoms with E-state index in [2.05, 4.69) is 0 Å². The van der Waals surface area contributed by atoms with E-state index in [1.165, 1.54) is 25.7 Å². The lowest BCUT2D eigenvalue weighted by Crippen LogP contribution is -1.94. The summed E-state index contributed by atoms with van der Waals surface area (Å²) in [6.45, 7) is 0. The van der Waals surface area contributed by atoms with Gasteiger partial charge in [-0.25, -0.2) is 0 Å². The van der Waals surface area contributed by atoms with Gasteiger partial charge in [0.25, 0.3) is 0 Å². The molecule has 0 bridgehead atoms. The molecule has 0 aromatic carbocycles. The van der Waals surface area contributed by atoms with Crippen molar-refractivity contribution in [2.24, 2.45) is 0 Å². The minimum atomic E-state index is -0.714. The van der Waals surface area contributed by atoms with Crippen LogP contribution in [0.15, 0.2) is 0 Å². The van der Waals surface area contributed by atoms with E-state index in [0.29, 0.717) is 12.8 Å². The van der Waals surface area contributed by atoms with Gasteiger partial charge in [0.1, 0.15) is 0 Å². The molecule has 0 radical (unpaired) electrons. The quantitative estimate of drug-likeness (QED) is 0.107. The van der Waals surface area contributed by atoms with Crippen LogP contribution in [-0.4, -0.2) is 44.3 Å². The highest BCUT2D eigenvalue weighted by atomic mass is 16.4. The summed E-state index contributed by atoms with van der Waals surface area (Å²) >= 11 is 0. The topological polar surface area (TPSA) is 149 Å². The average molecular weight is 489 g/mol. The van der Waals surface area contributed by atoms with Crippen molar-refractivity contribution in [1.82, 2.24) is 0 Å². The molecule has 34 heavy (non-hydrogen) atoms. The third-order valence-electron chi connectivity index (χ3n) is 5.56. The molecule has 0 atom stereocenters. The van der Waals surface area contributed by atoms with E-state index in [1.54, 1.807) is 0 Å². The van der Waals surface area contributed by atoms with Gasteiger partial charge in [-0.05, 0) is 25.7 Å². The van der Waals surface area contributed by atoms with Gasteiger partial charge in [0.2, 0.25) is 0 Å². The van der Waals surface area contributed by atoms with Crippen molar-refractivity contribution < 1.29 is 39.6 Å². The maximum atomic E-state index is 10.3. The molecule has 0 fully saturated rings. The van der Waals surface area contributed by atoms with Gasteiger partial charge >= 0.3 is 23.9 Å². The first-order valence-electron chi connectivity index (χ1n) is 13.1. The minimum Gasteiger partial charge on any atom is -0.481 e. The third-order valence-corrected chi connectivity index (χ3v) is 5.56. The van der Waals surface area contributed by atoms with E-state index in [4.69, 9.17) is 20.4 Å². The highest BCUT2D eigenvalue weighted by Crippen LogP contribution is 2.12. The number of carboxylic acids is 4. The normalized spacial score (nSPS) is 10.4. The summed E-state index contributed by atoms with van der Waals surface area (Å²) in [6.07, 6.45) is 19.8. The van der Waals surface area contributed by atoms with Crippen LogP contribution in [-0.2, 0) is 19.2 Å². The van der Waals surface area contributed by atoms with Crippen molar-refractivity contribution in [3.63, 3.8) is 0 Å². The van der Waals surface area contributed by atoms with Gasteiger partial charge in [0.15, 0.2) is 0 Å². The van der Waals surface area contributed by atoms with Crippen molar-refractivity contribution in [3.05, 3.63) is 0 Å². The van der Waals surface area contributed by atoms with Crippen molar-refractivity contribution in [1.29, 1.82) is 0 Å². The van der Waals surface area contributed by atoms with Crippen LogP contribution in [0.5, 0.6) is 0 Å². The Kier molecular flexibility index (Phi) is 27.2. The summed E-state index contributed by atoms with van der Waals surface area (Å²) in [5.74, 6) is -2.82. The van der Waals surface area contributed by atoms with E-state index >= 15 is 0 Å². The van der Waals surface area contributed by atoms with Gasteiger partial charge < -0.3 is 20.4 Å². The smallest absolute Gasteiger partial charge is 0.303 e. The first-order valence-corrected chi connectivity index (χ1v) is 13.1. The lowest BCUT2D eigenvalue weighted by atomic mass is 10.1. The monoisotopic (exact) mass is 488 g/mol. The van der Waals surface area contributed by atoms with Crippen molar-refractivity contribution in [2.45, 2.75) is 141 Å². The predicted molar refractivity (Wildman–Crippen MR) is 132 cm³/mol. The Morgan fingerprint density at radius 1 is 0.265 bits per heavy atom. The summed E-state index contributed by atoms with van der Waals surface area (Å²) in [6, 6.07) is 0. The van der Waals surface area contributed by atoms with Crippen LogP contribution in [0.4, 0.5) is 0 Å². The van der Waals surface area contributed by atoms with E-state index in [-0.39, 0.29) is 12.8 Å². The Bertz CT molecular complexity index is 473. The Balaban J connectivity index is 0. The molecule has 200 valence electrons. The fourth-order valence-electron chi connectivity index (χ4n) is 3.58. The lowest BCUT2D eigenvalue weighted by Gasteiger charge is -2.01. The second kappa shape index (κ2) is 27.1. The molecule has 0 aromatic heterocycles. The number of carboxylic acid groups (broad SMARTS) is 4. The van der Waals surface area contributed by atoms with Gasteiger partial charge in [0.05, 0.1) is 0 Å². The Labute approximate surface area is 205 Å². The van der Waals surface area contributed by atoms with Gasteiger partial charge in [-0.2, -0.15) is 0 Å². The zero-order valence-electron chi connectivity index (χ0n) is 21.0. The first-order chi connectivity index (χ1) is 16.3. The lowest BCUT2D eigenvalue weighted by molar-refractivity contribution is -0.138. The predicted octanol–water partition coefficient (Wildman–Crippen LogP) is 6.89. The molecule has 0 amide bonds. The molecule has 0 rings (SSSR count). The Morgan fingerprint density at radius 2 is 0.382 bits per heavy atom. The molecule has 0 aliphatic carbocycles. The highest BCUT2D eigenvalue weighted by Gasteiger charge is 1.99. The van der Waals surface area contributed by atoms with Gasteiger partial charge in [0, 0.05) is 25.7 Å². The third kappa shape index (κ3) is 37.2. The van der Waals surface area contributed by atoms with Crippen LogP contribution in [0.25, 0.3) is 0 Å². The number of aliphatic carboxylic acids is 4. The molecule has 0 aromatic rings. The fraction of sp³-hybridized carbons (Fsp3) is 0.846. The molecule has 8 heteroatoms. The molecule has 0 unspecified atom stereocenters. The molecule has 0 spiro atoms. The van der Waals surface area contributed by atoms with Crippen LogP contribution < -0.4 is 0 Å². The number of hydrogen-bond donors (Lipinski definition) is 4. The Morgan fingerprint density at radius 3 is 0.500 bits per heavy atom. The molecule has 0 saturated heterocycles. The summed E-state index contributed by atoms with van der Waals surface area (Å²) in [7, 11) is 0. The van der Waals surface area contributed by atoms with Crippen LogP contribution in [0.2, 0.25) is 0 Å². The molecular weight excluding hydrogens is 440 g/mol. The number of carbonyl (C=O) groups is 4. The van der Waals surface area contributed by atoms with E-state index in [9.17, 15) is 19.2 Å². The first kappa shape index (κ1) is 34.0. The average Bonchev–Trinajstić information content (AvgIpc) is 2.75. The fourth-order valence-corrected chi connectivity index (χ4v) is 3.58. The van der Waals surface area contributed by atoms with Crippen LogP contribution in [0.1, 0.15) is 141 Å². The van der Waals surface area contributed by atoms with Gasteiger partial charge in [-0.3, -0.25) is 19.2 Å². The van der Waals surface area contributed by atoms with E-state index in [0.717, 1.165) is 89.9 Å². The summed E-state index contributed by atoms with van der Waals surface area (Å²) in [4.78, 5) is 41.0. The minimum absolute atomic E-state index is 0.276.